The molecule has 2 amide bonds. The van der Waals surface area contributed by atoms with E-state index >= 15 is 0 Å². The van der Waals surface area contributed by atoms with Crippen LogP contribution in [0.15, 0.2) is 42.5 Å². The van der Waals surface area contributed by atoms with Crippen molar-refractivity contribution in [3.63, 3.8) is 0 Å². The van der Waals surface area contributed by atoms with E-state index in [9.17, 15) is 18.4 Å². The van der Waals surface area contributed by atoms with Crippen molar-refractivity contribution >= 4 is 17.5 Å². The van der Waals surface area contributed by atoms with Gasteiger partial charge in [-0.2, -0.15) is 0 Å². The molecule has 2 aromatic carbocycles. The normalized spacial score (nSPS) is 18.1. The molecule has 2 unspecified atom stereocenters. The van der Waals surface area contributed by atoms with E-state index in [-0.39, 0.29) is 11.6 Å². The lowest BCUT2D eigenvalue weighted by Crippen LogP contribution is -2.27. The smallest absolute Gasteiger partial charge is 0.228 e. The van der Waals surface area contributed by atoms with Crippen LogP contribution in [-0.2, 0) is 16.1 Å². The zero-order valence-electron chi connectivity index (χ0n) is 14.1. The van der Waals surface area contributed by atoms with E-state index in [4.69, 9.17) is 4.74 Å². The van der Waals surface area contributed by atoms with Crippen LogP contribution in [0, 0.1) is 23.5 Å². The second kappa shape index (κ2) is 7.51. The van der Waals surface area contributed by atoms with Gasteiger partial charge in [0.1, 0.15) is 17.4 Å². The van der Waals surface area contributed by atoms with Crippen molar-refractivity contribution in [2.45, 2.75) is 13.0 Å². The molecule has 0 aromatic heterocycles. The number of rotatable bonds is 6. The van der Waals surface area contributed by atoms with Crippen LogP contribution < -0.4 is 15.4 Å². The standard InChI is InChI=1S/C19H18F2N2O3/c1-26-13-5-2-11(3-6-13)10-22-18(24)14-9-15(14)19(25)23-17-7-4-12(20)8-16(17)21/h2-8,14-15H,9-10H2,1H3,(H,22,24)(H,23,25). The van der Waals surface area contributed by atoms with Crippen LogP contribution >= 0.6 is 0 Å². The molecule has 1 aliphatic rings. The lowest BCUT2D eigenvalue weighted by Gasteiger charge is -2.07. The molecular formula is C19H18F2N2O3. The summed E-state index contributed by atoms with van der Waals surface area (Å²) in [5, 5.41) is 5.18. The fraction of sp³-hybridized carbons (Fsp3) is 0.263. The van der Waals surface area contributed by atoms with Gasteiger partial charge >= 0.3 is 0 Å². The van der Waals surface area contributed by atoms with E-state index in [0.717, 1.165) is 23.4 Å². The monoisotopic (exact) mass is 360 g/mol. The van der Waals surface area contributed by atoms with E-state index in [1.807, 2.05) is 12.1 Å². The van der Waals surface area contributed by atoms with Crippen LogP contribution in [0.4, 0.5) is 14.5 Å². The van der Waals surface area contributed by atoms with E-state index in [1.165, 1.54) is 0 Å². The number of benzene rings is 2. The fourth-order valence-electron chi connectivity index (χ4n) is 2.65. The minimum absolute atomic E-state index is 0.0966. The molecule has 26 heavy (non-hydrogen) atoms. The summed E-state index contributed by atoms with van der Waals surface area (Å²) in [6.07, 6.45) is 0.406. The predicted octanol–water partition coefficient (Wildman–Crippen LogP) is 2.86. The predicted molar refractivity (Wildman–Crippen MR) is 91.4 cm³/mol. The van der Waals surface area contributed by atoms with Gasteiger partial charge in [-0.1, -0.05) is 12.1 Å². The van der Waals surface area contributed by atoms with Crippen LogP contribution in [0.2, 0.25) is 0 Å². The van der Waals surface area contributed by atoms with Gasteiger partial charge in [0.25, 0.3) is 0 Å². The van der Waals surface area contributed by atoms with Crippen molar-refractivity contribution < 1.29 is 23.1 Å². The van der Waals surface area contributed by atoms with Gasteiger partial charge in [0, 0.05) is 12.6 Å². The summed E-state index contributed by atoms with van der Waals surface area (Å²) in [5.74, 6) is -2.44. The SMILES string of the molecule is COc1ccc(CNC(=O)C2CC2C(=O)Nc2ccc(F)cc2F)cc1. The van der Waals surface area contributed by atoms with Crippen LogP contribution in [0.3, 0.4) is 0 Å². The molecule has 0 heterocycles. The largest absolute Gasteiger partial charge is 0.497 e. The average molecular weight is 360 g/mol. The molecule has 0 radical (unpaired) electrons. The zero-order chi connectivity index (χ0) is 18.7. The first kappa shape index (κ1) is 17.8. The third-order valence-corrected chi connectivity index (χ3v) is 4.28. The van der Waals surface area contributed by atoms with Gasteiger partial charge in [-0.3, -0.25) is 9.59 Å². The second-order valence-corrected chi connectivity index (χ2v) is 6.13. The van der Waals surface area contributed by atoms with Crippen molar-refractivity contribution in [1.29, 1.82) is 0 Å². The number of anilines is 1. The number of amides is 2. The number of carbonyl (C=O) groups is 2. The van der Waals surface area contributed by atoms with E-state index in [2.05, 4.69) is 10.6 Å². The van der Waals surface area contributed by atoms with Crippen LogP contribution in [0.25, 0.3) is 0 Å². The summed E-state index contributed by atoms with van der Waals surface area (Å²) in [5.41, 5.74) is 0.815. The molecule has 1 fully saturated rings. The topological polar surface area (TPSA) is 67.4 Å². The summed E-state index contributed by atoms with van der Waals surface area (Å²) >= 11 is 0. The third-order valence-electron chi connectivity index (χ3n) is 4.28. The molecule has 136 valence electrons. The molecule has 0 aliphatic heterocycles. The van der Waals surface area contributed by atoms with Gasteiger partial charge < -0.3 is 15.4 Å². The van der Waals surface area contributed by atoms with Gasteiger partial charge in [0.2, 0.25) is 11.8 Å². The maximum Gasteiger partial charge on any atom is 0.228 e. The van der Waals surface area contributed by atoms with Crippen molar-refractivity contribution in [2.24, 2.45) is 11.8 Å². The quantitative estimate of drug-likeness (QED) is 0.832. The Morgan fingerprint density at radius 1 is 1.08 bits per heavy atom. The zero-order valence-corrected chi connectivity index (χ0v) is 14.1. The maximum absolute atomic E-state index is 13.6. The van der Waals surface area contributed by atoms with Crippen LogP contribution in [0.5, 0.6) is 5.75 Å². The summed E-state index contributed by atoms with van der Waals surface area (Å²) < 4.78 is 31.5. The van der Waals surface area contributed by atoms with Crippen molar-refractivity contribution in [3.8, 4) is 5.75 Å². The van der Waals surface area contributed by atoms with Gasteiger partial charge in [-0.15, -0.1) is 0 Å². The van der Waals surface area contributed by atoms with E-state index < -0.39 is 29.4 Å². The molecule has 3 rings (SSSR count). The van der Waals surface area contributed by atoms with Crippen molar-refractivity contribution in [1.82, 2.24) is 5.32 Å². The van der Waals surface area contributed by atoms with Gasteiger partial charge in [-0.25, -0.2) is 8.78 Å². The second-order valence-electron chi connectivity index (χ2n) is 6.13. The number of hydrogen-bond donors (Lipinski definition) is 2. The molecule has 5 nitrogen and oxygen atoms in total. The average Bonchev–Trinajstić information content (AvgIpc) is 3.43. The highest BCUT2D eigenvalue weighted by molar-refractivity contribution is 5.99. The summed E-state index contributed by atoms with van der Waals surface area (Å²) in [7, 11) is 1.58. The molecule has 0 bridgehead atoms. The Bertz CT molecular complexity index is 824. The Morgan fingerprint density at radius 2 is 1.77 bits per heavy atom. The fourth-order valence-corrected chi connectivity index (χ4v) is 2.65. The minimum atomic E-state index is -0.848. The molecule has 1 aliphatic carbocycles. The minimum Gasteiger partial charge on any atom is -0.497 e. The van der Waals surface area contributed by atoms with Gasteiger partial charge in [0.15, 0.2) is 0 Å². The summed E-state index contributed by atoms with van der Waals surface area (Å²) in [6.45, 7) is 0.347. The Balaban J connectivity index is 1.49. The third kappa shape index (κ3) is 4.17. The summed E-state index contributed by atoms with van der Waals surface area (Å²) in [6, 6.07) is 10.2. The summed E-state index contributed by atoms with van der Waals surface area (Å²) in [4.78, 5) is 24.2. The molecule has 2 N–H and O–H groups in total. The lowest BCUT2D eigenvalue weighted by atomic mass is 10.2. The Kier molecular flexibility index (Phi) is 5.16. The Labute approximate surface area is 149 Å². The van der Waals surface area contributed by atoms with Gasteiger partial charge in [0.05, 0.1) is 24.6 Å². The lowest BCUT2D eigenvalue weighted by molar-refractivity contribution is -0.125. The first-order chi connectivity index (χ1) is 12.5. The van der Waals surface area contributed by atoms with Crippen molar-refractivity contribution in [3.05, 3.63) is 59.7 Å². The molecule has 7 heteroatoms. The van der Waals surface area contributed by atoms with Crippen molar-refractivity contribution in [2.75, 3.05) is 12.4 Å². The highest BCUT2D eigenvalue weighted by Crippen LogP contribution is 2.39. The first-order valence-corrected chi connectivity index (χ1v) is 8.14. The maximum atomic E-state index is 13.6. The Morgan fingerprint density at radius 3 is 2.42 bits per heavy atom. The number of hydrogen-bond acceptors (Lipinski definition) is 3. The molecule has 2 atom stereocenters. The highest BCUT2D eigenvalue weighted by atomic mass is 19.1. The molecule has 2 aromatic rings. The van der Waals surface area contributed by atoms with Crippen LogP contribution in [0.1, 0.15) is 12.0 Å². The number of methoxy groups -OCH3 is 1. The number of carbonyl (C=O) groups excluding carboxylic acids is 2. The molecular weight excluding hydrogens is 342 g/mol. The van der Waals surface area contributed by atoms with E-state index in [0.29, 0.717) is 19.0 Å². The first-order valence-electron chi connectivity index (χ1n) is 8.14. The van der Waals surface area contributed by atoms with Crippen LogP contribution in [-0.4, -0.2) is 18.9 Å². The van der Waals surface area contributed by atoms with Gasteiger partial charge in [-0.05, 0) is 36.2 Å². The molecule has 0 spiro atoms. The Hall–Kier alpha value is -2.96. The highest BCUT2D eigenvalue weighted by Gasteiger charge is 2.48. The number of ether oxygens (including phenoxy) is 1. The van der Waals surface area contributed by atoms with E-state index in [1.54, 1.807) is 19.2 Å². The number of nitrogens with one attached hydrogen (secondary N) is 2. The molecule has 0 saturated heterocycles. The molecule has 1 saturated carbocycles. The number of halogens is 2.